The highest BCUT2D eigenvalue weighted by atomic mass is 16.5. The van der Waals surface area contributed by atoms with Gasteiger partial charge in [-0.3, -0.25) is 14.5 Å². The molecule has 0 atom stereocenters. The van der Waals surface area contributed by atoms with E-state index in [0.717, 1.165) is 0 Å². The van der Waals surface area contributed by atoms with Crippen LogP contribution in [0, 0.1) is 0 Å². The fourth-order valence-electron chi connectivity index (χ4n) is 2.28. The number of nitrogens with zero attached hydrogens (tertiary/aromatic N) is 3. The molecule has 0 radical (unpaired) electrons. The van der Waals surface area contributed by atoms with Crippen LogP contribution in [0.3, 0.4) is 0 Å². The highest BCUT2D eigenvalue weighted by Crippen LogP contribution is 2.17. The topological polar surface area (TPSA) is 74.8 Å². The van der Waals surface area contributed by atoms with Crippen LogP contribution in [0.2, 0.25) is 0 Å². The van der Waals surface area contributed by atoms with Gasteiger partial charge >= 0.3 is 0 Å². The quantitative estimate of drug-likeness (QED) is 0.817. The molecule has 1 N–H and O–H groups in total. The van der Waals surface area contributed by atoms with Crippen LogP contribution in [0.4, 0.5) is 0 Å². The van der Waals surface area contributed by atoms with Gasteiger partial charge in [-0.1, -0.05) is 0 Å². The lowest BCUT2D eigenvalue weighted by Crippen LogP contribution is -2.50. The smallest absolute Gasteiger partial charge is 0.259 e. The third-order valence-electron chi connectivity index (χ3n) is 3.50. The van der Waals surface area contributed by atoms with Crippen molar-refractivity contribution in [2.45, 2.75) is 0 Å². The van der Waals surface area contributed by atoms with Crippen molar-refractivity contribution in [3.05, 3.63) is 23.9 Å². The van der Waals surface area contributed by atoms with Crippen molar-refractivity contribution in [2.24, 2.45) is 0 Å². The first-order chi connectivity index (χ1) is 10.2. The Balaban J connectivity index is 1.95. The monoisotopic (exact) mass is 292 g/mol. The van der Waals surface area contributed by atoms with E-state index in [0.29, 0.717) is 44.2 Å². The van der Waals surface area contributed by atoms with Crippen molar-refractivity contribution in [3.63, 3.8) is 0 Å². The van der Waals surface area contributed by atoms with Crippen LogP contribution in [0.15, 0.2) is 18.3 Å². The van der Waals surface area contributed by atoms with Crippen LogP contribution in [0.5, 0.6) is 5.88 Å². The number of nitrogens with one attached hydrogen (secondary N) is 1. The van der Waals surface area contributed by atoms with E-state index in [9.17, 15) is 9.59 Å². The molecule has 21 heavy (non-hydrogen) atoms. The Morgan fingerprint density at radius 3 is 2.67 bits per heavy atom. The Labute approximate surface area is 123 Å². The minimum Gasteiger partial charge on any atom is -0.480 e. The molecule has 0 spiro atoms. The van der Waals surface area contributed by atoms with E-state index < -0.39 is 0 Å². The minimum absolute atomic E-state index is 0.0105. The molecule has 114 valence electrons. The Hall–Kier alpha value is -2.15. The number of rotatable bonds is 4. The summed E-state index contributed by atoms with van der Waals surface area (Å²) in [6.07, 6.45) is 1.59. The van der Waals surface area contributed by atoms with Gasteiger partial charge in [0.15, 0.2) is 0 Å². The first kappa shape index (κ1) is 15.2. The Kier molecular flexibility index (Phi) is 5.10. The van der Waals surface area contributed by atoms with E-state index in [2.05, 4.69) is 10.3 Å². The molecule has 1 aromatic heterocycles. The van der Waals surface area contributed by atoms with E-state index in [1.807, 2.05) is 4.90 Å². The lowest BCUT2D eigenvalue weighted by Gasteiger charge is -2.34. The van der Waals surface area contributed by atoms with Gasteiger partial charge in [0, 0.05) is 39.4 Å². The summed E-state index contributed by atoms with van der Waals surface area (Å²) in [4.78, 5) is 31.7. The van der Waals surface area contributed by atoms with Gasteiger partial charge in [0.05, 0.1) is 13.7 Å². The van der Waals surface area contributed by atoms with E-state index in [-0.39, 0.29) is 11.8 Å². The second-order valence-electron chi connectivity index (χ2n) is 4.80. The number of carbonyl (C=O) groups excluding carboxylic acids is 2. The standard InChI is InChI=1S/C14H20N4O3/c1-15-12(19)10-17-6-8-18(9-7-17)14(20)11-4-3-5-16-13(11)21-2/h3-5H,6-10H2,1-2H3,(H,15,19). The zero-order valence-electron chi connectivity index (χ0n) is 12.3. The number of hydrogen-bond donors (Lipinski definition) is 1. The van der Waals surface area contributed by atoms with Gasteiger partial charge in [-0.05, 0) is 12.1 Å². The molecule has 1 aromatic rings. The van der Waals surface area contributed by atoms with Crippen LogP contribution in [0.25, 0.3) is 0 Å². The van der Waals surface area contributed by atoms with E-state index >= 15 is 0 Å². The lowest BCUT2D eigenvalue weighted by molar-refractivity contribution is -0.122. The minimum atomic E-state index is -0.0838. The summed E-state index contributed by atoms with van der Waals surface area (Å²) in [5.74, 6) is 0.249. The third kappa shape index (κ3) is 3.69. The number of piperazine rings is 1. The van der Waals surface area contributed by atoms with Crippen LogP contribution in [0.1, 0.15) is 10.4 Å². The van der Waals surface area contributed by atoms with E-state index in [4.69, 9.17) is 4.74 Å². The molecule has 1 saturated heterocycles. The fraction of sp³-hybridized carbons (Fsp3) is 0.500. The maximum absolute atomic E-state index is 12.5. The maximum atomic E-state index is 12.5. The second-order valence-corrected chi connectivity index (χ2v) is 4.80. The molecule has 7 nitrogen and oxygen atoms in total. The average molecular weight is 292 g/mol. The summed E-state index contributed by atoms with van der Waals surface area (Å²) in [6.45, 7) is 2.92. The molecule has 1 fully saturated rings. The van der Waals surface area contributed by atoms with Crippen LogP contribution in [-0.4, -0.2) is 73.5 Å². The summed E-state index contributed by atoms with van der Waals surface area (Å²) in [7, 11) is 3.12. The molecule has 2 amide bonds. The number of aromatic nitrogens is 1. The third-order valence-corrected chi connectivity index (χ3v) is 3.50. The van der Waals surface area contributed by atoms with E-state index in [1.54, 1.807) is 30.3 Å². The van der Waals surface area contributed by atoms with Crippen LogP contribution in [-0.2, 0) is 4.79 Å². The highest BCUT2D eigenvalue weighted by Gasteiger charge is 2.25. The second kappa shape index (κ2) is 7.03. The molecule has 7 heteroatoms. The predicted octanol–water partition coefficient (Wildman–Crippen LogP) is -0.406. The summed E-state index contributed by atoms with van der Waals surface area (Å²) in [5, 5.41) is 2.60. The number of likely N-dealkylation sites (N-methyl/N-ethyl adjacent to an activating group) is 1. The van der Waals surface area contributed by atoms with Crippen molar-refractivity contribution in [3.8, 4) is 5.88 Å². The average Bonchev–Trinajstić information content (AvgIpc) is 2.54. The molecule has 0 aliphatic carbocycles. The van der Waals surface area contributed by atoms with Crippen molar-refractivity contribution in [1.29, 1.82) is 0 Å². The number of carbonyl (C=O) groups is 2. The van der Waals surface area contributed by atoms with Gasteiger partial charge in [0.2, 0.25) is 11.8 Å². The molecule has 0 saturated carbocycles. The largest absolute Gasteiger partial charge is 0.480 e. The van der Waals surface area contributed by atoms with Gasteiger partial charge in [-0.2, -0.15) is 0 Å². The molecule has 0 unspecified atom stereocenters. The van der Waals surface area contributed by atoms with Gasteiger partial charge in [0.1, 0.15) is 5.56 Å². The maximum Gasteiger partial charge on any atom is 0.259 e. The lowest BCUT2D eigenvalue weighted by atomic mass is 10.2. The zero-order valence-corrected chi connectivity index (χ0v) is 12.3. The highest BCUT2D eigenvalue weighted by molar-refractivity contribution is 5.96. The number of hydrogen-bond acceptors (Lipinski definition) is 5. The Morgan fingerprint density at radius 2 is 2.05 bits per heavy atom. The first-order valence-corrected chi connectivity index (χ1v) is 6.87. The van der Waals surface area contributed by atoms with Gasteiger partial charge in [-0.25, -0.2) is 4.98 Å². The molecule has 0 bridgehead atoms. The summed E-state index contributed by atoms with van der Waals surface area (Å²) >= 11 is 0. The SMILES string of the molecule is CNC(=O)CN1CCN(C(=O)c2cccnc2OC)CC1. The number of pyridine rings is 1. The van der Waals surface area contributed by atoms with Gasteiger partial charge in [-0.15, -0.1) is 0 Å². The molecule has 1 aliphatic rings. The number of methoxy groups -OCH3 is 1. The van der Waals surface area contributed by atoms with E-state index in [1.165, 1.54) is 7.11 Å². The Bertz CT molecular complexity index is 513. The van der Waals surface area contributed by atoms with Crippen LogP contribution < -0.4 is 10.1 Å². The molecule has 1 aliphatic heterocycles. The Morgan fingerprint density at radius 1 is 1.33 bits per heavy atom. The van der Waals surface area contributed by atoms with Crippen molar-refractivity contribution < 1.29 is 14.3 Å². The summed E-state index contributed by atoms with van der Waals surface area (Å²) < 4.78 is 5.12. The predicted molar refractivity (Wildman–Crippen MR) is 77.2 cm³/mol. The molecule has 0 aromatic carbocycles. The summed E-state index contributed by atoms with van der Waals surface area (Å²) in [5.41, 5.74) is 0.472. The number of amides is 2. The molecule has 2 rings (SSSR count). The van der Waals surface area contributed by atoms with Crippen molar-refractivity contribution in [1.82, 2.24) is 20.1 Å². The van der Waals surface area contributed by atoms with Gasteiger partial charge < -0.3 is 15.0 Å². The van der Waals surface area contributed by atoms with Gasteiger partial charge in [0.25, 0.3) is 5.91 Å². The fourth-order valence-corrected chi connectivity index (χ4v) is 2.28. The molecule has 2 heterocycles. The van der Waals surface area contributed by atoms with Crippen molar-refractivity contribution >= 4 is 11.8 Å². The number of ether oxygens (including phenoxy) is 1. The summed E-state index contributed by atoms with van der Waals surface area (Å²) in [6, 6.07) is 3.43. The zero-order chi connectivity index (χ0) is 15.2. The first-order valence-electron chi connectivity index (χ1n) is 6.87. The molecular formula is C14H20N4O3. The molecular weight excluding hydrogens is 272 g/mol. The normalized spacial score (nSPS) is 15.6. The van der Waals surface area contributed by atoms with Crippen molar-refractivity contribution in [2.75, 3.05) is 46.9 Å². The van der Waals surface area contributed by atoms with Crippen LogP contribution >= 0.6 is 0 Å².